The summed E-state index contributed by atoms with van der Waals surface area (Å²) in [6.45, 7) is 11.9. The van der Waals surface area contributed by atoms with Crippen LogP contribution in [0.15, 0.2) is 36.4 Å². The molecular weight excluding hydrogens is 881 g/mol. The number of hydrogen-bond donors (Lipinski definition) is 8. The van der Waals surface area contributed by atoms with Crippen molar-refractivity contribution in [2.75, 3.05) is 65.7 Å². The van der Waals surface area contributed by atoms with Crippen molar-refractivity contribution in [2.45, 2.75) is 153 Å². The zero-order valence-corrected chi connectivity index (χ0v) is 40.2. The highest BCUT2D eigenvalue weighted by Crippen LogP contribution is 2.35. The van der Waals surface area contributed by atoms with Gasteiger partial charge >= 0.3 is 11.9 Å². The number of benzene rings is 2. The van der Waals surface area contributed by atoms with Crippen LogP contribution in [0, 0.1) is 0 Å². The second-order valence-electron chi connectivity index (χ2n) is 18.0. The van der Waals surface area contributed by atoms with E-state index in [1.807, 2.05) is 36.4 Å². The largest absolute Gasteiger partial charge is 0.486 e. The summed E-state index contributed by atoms with van der Waals surface area (Å²) in [7, 11) is 0. The van der Waals surface area contributed by atoms with Gasteiger partial charge in [0, 0.05) is 25.9 Å². The number of carboxylic acids is 2. The zero-order valence-electron chi connectivity index (χ0n) is 40.2. The Morgan fingerprint density at radius 3 is 1.19 bits per heavy atom. The van der Waals surface area contributed by atoms with Gasteiger partial charge in [-0.25, -0.2) is 9.59 Å². The molecule has 68 heavy (non-hydrogen) atoms. The van der Waals surface area contributed by atoms with E-state index in [-0.39, 0.29) is 23.9 Å². The molecule has 2 aromatic rings. The van der Waals surface area contributed by atoms with E-state index in [4.69, 9.17) is 39.4 Å². The van der Waals surface area contributed by atoms with Crippen LogP contribution in [0.1, 0.15) is 140 Å². The van der Waals surface area contributed by atoms with Gasteiger partial charge in [-0.05, 0) is 100 Å². The minimum atomic E-state index is -2.27. The summed E-state index contributed by atoms with van der Waals surface area (Å²) in [5, 5.41) is 60.9. The summed E-state index contributed by atoms with van der Waals surface area (Å²) in [5.41, 5.74) is 1.50. The fraction of sp³-hybridized carbons (Fsp3) is 0.680. The van der Waals surface area contributed by atoms with Gasteiger partial charge in [-0.2, -0.15) is 0 Å². The number of carbonyl (C=O) groups excluding carboxylic acids is 2. The van der Waals surface area contributed by atoms with Crippen molar-refractivity contribution < 1.29 is 68.8 Å². The number of ether oxygens (including phenoxy) is 4. The molecule has 3 unspecified atom stereocenters. The smallest absolute Gasteiger partial charge is 0.335 e. The highest BCUT2D eigenvalue weighted by atomic mass is 16.6. The maximum atomic E-state index is 12.5. The lowest BCUT2D eigenvalue weighted by Crippen LogP contribution is -2.46. The monoisotopic (exact) mass is 959 g/mol. The Morgan fingerprint density at radius 1 is 0.515 bits per heavy atom. The van der Waals surface area contributed by atoms with Gasteiger partial charge in [-0.15, -0.1) is 0 Å². The van der Waals surface area contributed by atoms with Gasteiger partial charge in [0.05, 0.1) is 12.1 Å². The van der Waals surface area contributed by atoms with E-state index in [2.05, 4.69) is 34.3 Å². The Balaban J connectivity index is 0.000000248. The number of aliphatic hydroxyl groups is 4. The fourth-order valence-corrected chi connectivity index (χ4v) is 8.49. The molecule has 2 aromatic carbocycles. The van der Waals surface area contributed by atoms with Crippen molar-refractivity contribution in [3.05, 3.63) is 47.5 Å². The third kappa shape index (κ3) is 19.3. The molecule has 18 heteroatoms. The quantitative estimate of drug-likeness (QED) is 0.0626. The van der Waals surface area contributed by atoms with Gasteiger partial charge in [-0.1, -0.05) is 77.3 Å². The molecule has 8 N–H and O–H groups in total. The molecule has 2 fully saturated rings. The molecule has 6 atom stereocenters. The molecule has 0 aliphatic carbocycles. The van der Waals surface area contributed by atoms with E-state index < -0.39 is 36.4 Å². The highest BCUT2D eigenvalue weighted by Gasteiger charge is 2.31. The molecule has 382 valence electrons. The first-order valence-electron chi connectivity index (χ1n) is 24.8. The number of nitrogens with zero attached hydrogens (tertiary/aromatic N) is 2. The van der Waals surface area contributed by atoms with Gasteiger partial charge in [0.25, 0.3) is 0 Å². The Bertz CT molecular complexity index is 1690. The summed E-state index contributed by atoms with van der Waals surface area (Å²) in [4.78, 5) is 49.3. The molecule has 6 rings (SSSR count). The van der Waals surface area contributed by atoms with Gasteiger partial charge < -0.3 is 70.0 Å². The zero-order chi connectivity index (χ0) is 49.3. The van der Waals surface area contributed by atoms with Gasteiger partial charge in [0.15, 0.2) is 35.2 Å². The first-order chi connectivity index (χ1) is 32.8. The highest BCUT2D eigenvalue weighted by molar-refractivity contribution is 5.83. The summed E-state index contributed by atoms with van der Waals surface area (Å²) in [6.07, 6.45) is 10.9. The standard InChI is InChI=1S/2C23H36N2O4.C4H6O6/c2*1-2-3-4-5-6-9-22(26)24-19(17-25-12-7-8-13-25)23(27)18-10-11-20-21(16-18)29-15-14-28-20;5-1(3(7)8)2(6)4(9)10/h2*10-11,16,19,23,27H,2-9,12-15,17H2,1H3,(H,24,26);1-2,5-6H,(H,7,8)(H,9,10)/t2*19?,23-;1-,2?/m111/s1. The average molecular weight is 959 g/mol. The summed E-state index contributed by atoms with van der Waals surface area (Å²) in [6, 6.07) is 10.4. The summed E-state index contributed by atoms with van der Waals surface area (Å²) >= 11 is 0. The topological polar surface area (TPSA) is 257 Å². The van der Waals surface area contributed by atoms with Gasteiger partial charge in [-0.3, -0.25) is 9.59 Å². The Kier molecular flexibility index (Phi) is 25.2. The van der Waals surface area contributed by atoms with Crippen LogP contribution >= 0.6 is 0 Å². The van der Waals surface area contributed by atoms with Crippen LogP contribution in [0.4, 0.5) is 0 Å². The van der Waals surface area contributed by atoms with Gasteiger partial charge in [0.1, 0.15) is 38.6 Å². The number of aliphatic hydroxyl groups excluding tert-OH is 4. The van der Waals surface area contributed by atoms with E-state index in [9.17, 15) is 29.4 Å². The van der Waals surface area contributed by atoms with Crippen LogP contribution in [-0.4, -0.2) is 154 Å². The predicted octanol–water partition coefficient (Wildman–Crippen LogP) is 4.74. The second kappa shape index (κ2) is 30.7. The molecule has 0 spiro atoms. The van der Waals surface area contributed by atoms with E-state index >= 15 is 0 Å². The van der Waals surface area contributed by atoms with E-state index in [1.54, 1.807) is 0 Å². The molecule has 2 saturated heterocycles. The average Bonchev–Trinajstić information content (AvgIpc) is 4.08. The van der Waals surface area contributed by atoms with E-state index in [0.29, 0.717) is 75.4 Å². The lowest BCUT2D eigenvalue weighted by atomic mass is 10.0. The van der Waals surface area contributed by atoms with Crippen LogP contribution in [0.25, 0.3) is 0 Å². The molecule has 0 radical (unpaired) electrons. The predicted molar refractivity (Wildman–Crippen MR) is 254 cm³/mol. The SMILES string of the molecule is CCCCCCCC(=O)NC(CN1CCCC1)[C@H](O)c1ccc2c(c1)OCCO2.CCCCCCCC(=O)NC(CN1CCCC1)[C@H](O)c1ccc2c(c1)OCCO2.O=C(O)C(O)[C@@H](O)C(=O)O. The van der Waals surface area contributed by atoms with Gasteiger partial charge in [0.2, 0.25) is 11.8 Å². The molecule has 0 saturated carbocycles. The minimum absolute atomic E-state index is 0.0299. The maximum Gasteiger partial charge on any atom is 0.335 e. The maximum absolute atomic E-state index is 12.5. The third-order valence-corrected chi connectivity index (χ3v) is 12.4. The van der Waals surface area contributed by atoms with Crippen molar-refractivity contribution in [2.24, 2.45) is 0 Å². The number of nitrogens with one attached hydrogen (secondary N) is 2. The molecule has 4 heterocycles. The van der Waals surface area contributed by atoms with Crippen molar-refractivity contribution >= 4 is 23.8 Å². The lowest BCUT2D eigenvalue weighted by Gasteiger charge is -2.29. The van der Waals surface area contributed by atoms with Crippen LogP contribution in [0.5, 0.6) is 23.0 Å². The number of carboxylic acid groups (broad SMARTS) is 2. The minimum Gasteiger partial charge on any atom is -0.486 e. The number of amides is 2. The Morgan fingerprint density at radius 2 is 0.853 bits per heavy atom. The molecule has 0 aromatic heterocycles. The van der Waals surface area contributed by atoms with E-state index in [0.717, 1.165) is 63.0 Å². The number of carbonyl (C=O) groups is 4. The number of hydrogen-bond acceptors (Lipinski definition) is 14. The molecule has 18 nitrogen and oxygen atoms in total. The molecule has 4 aliphatic heterocycles. The Hall–Kier alpha value is -4.72. The first kappa shape index (κ1) is 55.9. The molecule has 0 bridgehead atoms. The van der Waals surface area contributed by atoms with Crippen LogP contribution in [0.2, 0.25) is 0 Å². The number of unbranched alkanes of at least 4 members (excludes halogenated alkanes) is 8. The van der Waals surface area contributed by atoms with Crippen LogP contribution in [0.3, 0.4) is 0 Å². The number of rotatable bonds is 25. The summed E-state index contributed by atoms with van der Waals surface area (Å²) < 4.78 is 22.5. The molecular formula is C50H78N4O14. The van der Waals surface area contributed by atoms with Crippen molar-refractivity contribution in [1.29, 1.82) is 0 Å². The third-order valence-electron chi connectivity index (χ3n) is 12.4. The summed E-state index contributed by atoms with van der Waals surface area (Å²) in [5.74, 6) is -0.738. The first-order valence-corrected chi connectivity index (χ1v) is 24.8. The number of fused-ring (bicyclic) bond motifs is 2. The molecule has 4 aliphatic rings. The number of likely N-dealkylation sites (tertiary alicyclic amines) is 2. The van der Waals surface area contributed by atoms with Crippen molar-refractivity contribution in [3.8, 4) is 23.0 Å². The fourth-order valence-electron chi connectivity index (χ4n) is 8.49. The Labute approximate surface area is 401 Å². The normalized spacial score (nSPS) is 18.0. The van der Waals surface area contributed by atoms with Crippen LogP contribution in [-0.2, 0) is 19.2 Å². The number of aliphatic carboxylic acids is 2. The van der Waals surface area contributed by atoms with E-state index in [1.165, 1.54) is 64.2 Å². The second-order valence-corrected chi connectivity index (χ2v) is 18.0. The van der Waals surface area contributed by atoms with Crippen molar-refractivity contribution in [3.63, 3.8) is 0 Å². The van der Waals surface area contributed by atoms with Crippen molar-refractivity contribution in [1.82, 2.24) is 20.4 Å². The molecule has 2 amide bonds. The lowest BCUT2D eigenvalue weighted by molar-refractivity contribution is -0.165. The van der Waals surface area contributed by atoms with Crippen LogP contribution < -0.4 is 29.6 Å².